The molecular formula is C59H73N13O9S2. The van der Waals surface area contributed by atoms with Gasteiger partial charge < -0.3 is 74.5 Å². The van der Waals surface area contributed by atoms with Crippen LogP contribution in [0, 0.1) is 5.92 Å². The van der Waals surface area contributed by atoms with E-state index in [0.29, 0.717) is 24.0 Å². The lowest BCUT2D eigenvalue weighted by atomic mass is 10.00. The highest BCUT2D eigenvalue weighted by Gasteiger charge is 2.36. The summed E-state index contributed by atoms with van der Waals surface area (Å²) in [4.78, 5) is 122. The lowest BCUT2D eigenvalue weighted by Gasteiger charge is -2.29. The van der Waals surface area contributed by atoms with E-state index in [9.17, 15) is 43.5 Å². The van der Waals surface area contributed by atoms with Crippen molar-refractivity contribution in [3.05, 3.63) is 138 Å². The van der Waals surface area contributed by atoms with Crippen LogP contribution in [0.15, 0.2) is 116 Å². The Morgan fingerprint density at radius 2 is 0.880 bits per heavy atom. The van der Waals surface area contributed by atoms with Gasteiger partial charge in [-0.15, -0.1) is 0 Å². The van der Waals surface area contributed by atoms with Crippen LogP contribution in [0.25, 0.3) is 32.7 Å². The maximum absolute atomic E-state index is 14.9. The number of fused-ring (bicyclic) bond motifs is 3. The average molecular weight is 1170 g/mol. The number of nitrogens with two attached hydrogens (primary N) is 3. The van der Waals surface area contributed by atoms with Gasteiger partial charge in [0, 0.05) is 82.1 Å². The van der Waals surface area contributed by atoms with Crippen molar-refractivity contribution < 1.29 is 43.5 Å². The molecular weight excluding hydrogens is 1100 g/mol. The number of thiol groups is 2. The SMILES string of the molecule is CC(C)[C@H](NC(=O)[C@H](CCCCN)NC(=O)[C@@H](Cc1c[nH]c2ccccc12)NC(=O)[C@H](Cc1ccc(O)cc1)NC(=O)[C@H](CS)NC(=O)[C@H](N)Cc1c[nH]c2ccccc12)C(=O)N[C@@H](CS)C(=O)N[C@@H](Cc1c[nH]c2ccccc12)C(N)=O. The molecule has 0 saturated heterocycles. The standard InChI is InChI=1S/C59H73N13O9S2/c1-32(2)51(59(81)71-50(31-83)57(79)67-46(52(62)74)25-35-28-64-43-15-7-4-12-39(35)43)72-54(76)45(17-9-10-22-60)66-56(78)48(26-36-29-65-44-16-8-5-13-40(36)44)69-55(77)47(23-33-18-20-37(73)21-19-33)68-58(80)49(30-82)70-53(75)41(61)24-34-27-63-42-14-6-3-11-38(34)42/h3-8,11-16,18-21,27-29,32,41,45-51,63-65,73,82-83H,9-10,17,22-26,30-31,60-61H2,1-2H3,(H2,62,74)(H,66,78)(H,67,79)(H,68,80)(H,69,77)(H,70,75)(H,71,81)(H,72,76)/t41-,45+,46+,47+,48-,49+,50+,51+/m1/s1. The summed E-state index contributed by atoms with van der Waals surface area (Å²) in [5.41, 5.74) is 23.1. The van der Waals surface area contributed by atoms with Gasteiger partial charge in [-0.25, -0.2) is 0 Å². The van der Waals surface area contributed by atoms with Crippen LogP contribution in [0.4, 0.5) is 0 Å². The van der Waals surface area contributed by atoms with E-state index >= 15 is 0 Å². The number of carbonyl (C=O) groups excluding carboxylic acids is 8. The summed E-state index contributed by atoms with van der Waals surface area (Å²) in [6.07, 6.45) is 6.05. The van der Waals surface area contributed by atoms with Gasteiger partial charge in [0.15, 0.2) is 0 Å². The first-order chi connectivity index (χ1) is 39.9. The van der Waals surface area contributed by atoms with Crippen LogP contribution in [0.1, 0.15) is 55.4 Å². The minimum atomic E-state index is -1.40. The van der Waals surface area contributed by atoms with Gasteiger partial charge in [0.2, 0.25) is 47.3 Å². The first kappa shape index (κ1) is 62.3. The highest BCUT2D eigenvalue weighted by Crippen LogP contribution is 2.23. The number of primary amides is 1. The maximum atomic E-state index is 14.9. The van der Waals surface area contributed by atoms with Crippen LogP contribution in [0.5, 0.6) is 5.75 Å². The van der Waals surface area contributed by atoms with Crippen molar-refractivity contribution in [3.63, 3.8) is 0 Å². The largest absolute Gasteiger partial charge is 0.508 e. The van der Waals surface area contributed by atoms with Crippen LogP contribution in [0.2, 0.25) is 0 Å². The highest BCUT2D eigenvalue weighted by atomic mass is 32.1. The molecule has 0 saturated carbocycles. The topological polar surface area (TPSA) is 366 Å². The molecule has 83 heavy (non-hydrogen) atoms. The number of nitrogens with one attached hydrogen (secondary N) is 10. The molecule has 3 heterocycles. The third-order valence-electron chi connectivity index (χ3n) is 14.4. The van der Waals surface area contributed by atoms with Crippen molar-refractivity contribution >= 4 is 105 Å². The molecule has 3 aromatic heterocycles. The maximum Gasteiger partial charge on any atom is 0.244 e. The molecule has 0 fully saturated rings. The molecule has 17 N–H and O–H groups in total. The molecule has 0 unspecified atom stereocenters. The number of rotatable bonds is 30. The number of aromatic nitrogens is 3. The Morgan fingerprint density at radius 1 is 0.482 bits per heavy atom. The number of hydrogen-bond donors (Lipinski definition) is 16. The van der Waals surface area contributed by atoms with Crippen molar-refractivity contribution in [3.8, 4) is 5.75 Å². The number of H-pyrrole nitrogens is 3. The zero-order chi connectivity index (χ0) is 59.7. The first-order valence-electron chi connectivity index (χ1n) is 27.4. The number of phenolic OH excluding ortho intramolecular Hbond substituents is 1. The van der Waals surface area contributed by atoms with Crippen LogP contribution >= 0.6 is 25.3 Å². The fourth-order valence-electron chi connectivity index (χ4n) is 9.75. The van der Waals surface area contributed by atoms with Crippen LogP contribution < -0.4 is 54.4 Å². The Hall–Kier alpha value is -8.32. The van der Waals surface area contributed by atoms with Gasteiger partial charge in [0.05, 0.1) is 6.04 Å². The van der Waals surface area contributed by atoms with Gasteiger partial charge in [0.1, 0.15) is 48.0 Å². The van der Waals surface area contributed by atoms with Gasteiger partial charge in [-0.2, -0.15) is 25.3 Å². The highest BCUT2D eigenvalue weighted by molar-refractivity contribution is 7.80. The number of aromatic amines is 3. The van der Waals surface area contributed by atoms with Crippen LogP contribution in [0.3, 0.4) is 0 Å². The molecule has 7 rings (SSSR count). The quantitative estimate of drug-likeness (QED) is 0.0228. The Labute approximate surface area is 490 Å². The summed E-state index contributed by atoms with van der Waals surface area (Å²) < 4.78 is 0. The van der Waals surface area contributed by atoms with Gasteiger partial charge in [-0.05, 0) is 90.7 Å². The minimum absolute atomic E-state index is 0.0422. The van der Waals surface area contributed by atoms with Gasteiger partial charge in [-0.1, -0.05) is 80.6 Å². The van der Waals surface area contributed by atoms with Crippen LogP contribution in [-0.2, 0) is 64.0 Å². The average Bonchev–Trinajstić information content (AvgIpc) is 4.45. The number of carbonyl (C=O) groups is 8. The van der Waals surface area contributed by atoms with E-state index in [1.807, 2.05) is 72.8 Å². The molecule has 0 aliphatic heterocycles. The van der Waals surface area contributed by atoms with E-state index in [1.54, 1.807) is 44.6 Å². The number of benzene rings is 4. The minimum Gasteiger partial charge on any atom is -0.508 e. The van der Waals surface area contributed by atoms with E-state index in [-0.39, 0.29) is 55.9 Å². The van der Waals surface area contributed by atoms with Crippen molar-refractivity contribution in [2.24, 2.45) is 23.1 Å². The summed E-state index contributed by atoms with van der Waals surface area (Å²) >= 11 is 8.69. The van der Waals surface area contributed by atoms with Crippen LogP contribution in [-0.4, -0.2) is 134 Å². The predicted octanol–water partition coefficient (Wildman–Crippen LogP) is 1.96. The molecule has 0 aliphatic carbocycles. The summed E-state index contributed by atoms with van der Waals surface area (Å²) in [6.45, 7) is 3.63. The Kier molecular flexibility index (Phi) is 22.2. The van der Waals surface area contributed by atoms with Crippen molar-refractivity contribution in [2.45, 2.75) is 107 Å². The van der Waals surface area contributed by atoms with Crippen molar-refractivity contribution in [2.75, 3.05) is 18.1 Å². The first-order valence-corrected chi connectivity index (χ1v) is 28.7. The molecule has 8 atom stereocenters. The number of phenols is 1. The second-order valence-electron chi connectivity index (χ2n) is 20.8. The molecule has 8 amide bonds. The fraction of sp³-hybridized carbons (Fsp3) is 0.356. The van der Waals surface area contributed by atoms with Crippen molar-refractivity contribution in [1.82, 2.24) is 52.2 Å². The van der Waals surface area contributed by atoms with Crippen molar-refractivity contribution in [1.29, 1.82) is 0 Å². The normalized spacial score (nSPS) is 14.3. The second kappa shape index (κ2) is 29.6. The van der Waals surface area contributed by atoms with E-state index in [2.05, 4.69) is 77.4 Å². The summed E-state index contributed by atoms with van der Waals surface area (Å²) in [5, 5.41) is 31.7. The smallest absolute Gasteiger partial charge is 0.244 e. The third kappa shape index (κ3) is 16.7. The zero-order valence-corrected chi connectivity index (χ0v) is 47.9. The Bertz CT molecular complexity index is 3400. The number of amides is 8. The molecule has 0 spiro atoms. The molecule has 0 aliphatic rings. The van der Waals surface area contributed by atoms with E-state index in [4.69, 9.17) is 17.2 Å². The number of hydrogen-bond acceptors (Lipinski definition) is 13. The lowest BCUT2D eigenvalue weighted by molar-refractivity contribution is -0.136. The lowest BCUT2D eigenvalue weighted by Crippen LogP contribution is -2.61. The summed E-state index contributed by atoms with van der Waals surface area (Å²) in [6, 6.07) is 18.2. The number of unbranched alkanes of at least 4 members (excludes halogenated alkanes) is 1. The Balaban J connectivity index is 1.08. The molecule has 4 aromatic carbocycles. The monoisotopic (exact) mass is 1170 g/mol. The molecule has 0 radical (unpaired) electrons. The third-order valence-corrected chi connectivity index (χ3v) is 15.1. The molecule has 440 valence electrons. The fourth-order valence-corrected chi connectivity index (χ4v) is 10.3. The number of para-hydroxylation sites is 3. The molecule has 24 heteroatoms. The van der Waals surface area contributed by atoms with E-state index in [1.165, 1.54) is 12.1 Å². The van der Waals surface area contributed by atoms with Gasteiger partial charge in [0.25, 0.3) is 0 Å². The van der Waals surface area contributed by atoms with E-state index in [0.717, 1.165) is 43.8 Å². The zero-order valence-electron chi connectivity index (χ0n) is 46.1. The van der Waals surface area contributed by atoms with Gasteiger partial charge >= 0.3 is 0 Å². The molecule has 0 bridgehead atoms. The molecule has 7 aromatic rings. The Morgan fingerprint density at radius 3 is 1.35 bits per heavy atom. The van der Waals surface area contributed by atoms with E-state index < -0.39 is 102 Å². The second-order valence-corrected chi connectivity index (χ2v) is 21.5. The molecule has 22 nitrogen and oxygen atoms in total. The summed E-state index contributed by atoms with van der Waals surface area (Å²) in [7, 11) is 0. The summed E-state index contributed by atoms with van der Waals surface area (Å²) in [5.74, 6) is -7.02. The number of aromatic hydroxyl groups is 1. The predicted molar refractivity (Wildman–Crippen MR) is 324 cm³/mol. The van der Waals surface area contributed by atoms with Gasteiger partial charge in [-0.3, -0.25) is 38.4 Å².